The summed E-state index contributed by atoms with van der Waals surface area (Å²) in [6.45, 7) is 8.69. The summed E-state index contributed by atoms with van der Waals surface area (Å²) in [5.41, 5.74) is -0.0129. The van der Waals surface area contributed by atoms with Gasteiger partial charge >= 0.3 is 5.97 Å². The molecule has 3 nitrogen and oxygen atoms in total. The first kappa shape index (κ1) is 17.5. The highest BCUT2D eigenvalue weighted by atomic mass is 16.7. The van der Waals surface area contributed by atoms with E-state index in [-0.39, 0.29) is 5.97 Å². The zero-order valence-electron chi connectivity index (χ0n) is 17.0. The largest absolute Gasteiger partial charge is 0.436 e. The molecule has 0 N–H and O–H groups in total. The number of hydrogen-bond donors (Lipinski definition) is 0. The monoisotopic (exact) mass is 360 g/mol. The van der Waals surface area contributed by atoms with Crippen LogP contribution in [-0.2, 0) is 14.3 Å². The van der Waals surface area contributed by atoms with Gasteiger partial charge in [-0.1, -0.05) is 6.92 Å². The van der Waals surface area contributed by atoms with Crippen molar-refractivity contribution in [1.29, 1.82) is 0 Å². The molecule has 0 aliphatic heterocycles. The Kier molecular flexibility index (Phi) is 3.85. The Morgan fingerprint density at radius 2 is 1.65 bits per heavy atom. The first-order valence-electron chi connectivity index (χ1n) is 11.2. The van der Waals surface area contributed by atoms with Crippen molar-refractivity contribution in [3.05, 3.63) is 0 Å². The fraction of sp³-hybridized carbons (Fsp3) is 0.957. The maximum absolute atomic E-state index is 12.4. The Morgan fingerprint density at radius 1 is 1.04 bits per heavy atom. The fourth-order valence-electron chi connectivity index (χ4n) is 8.19. The van der Waals surface area contributed by atoms with Crippen LogP contribution in [0.2, 0.25) is 0 Å². The Morgan fingerprint density at radius 3 is 2.27 bits per heavy atom. The van der Waals surface area contributed by atoms with Gasteiger partial charge < -0.3 is 9.47 Å². The van der Waals surface area contributed by atoms with Gasteiger partial charge in [0.05, 0.1) is 12.0 Å². The summed E-state index contributed by atoms with van der Waals surface area (Å²) in [5.74, 6) is 6.64. The predicted octanol–water partition coefficient (Wildman–Crippen LogP) is 5.04. The summed E-state index contributed by atoms with van der Waals surface area (Å²) in [6, 6.07) is 0. The molecule has 0 aromatic carbocycles. The molecule has 0 spiro atoms. The highest BCUT2D eigenvalue weighted by molar-refractivity contribution is 5.75. The zero-order chi connectivity index (χ0) is 18.3. The van der Waals surface area contributed by atoms with Gasteiger partial charge in [-0.2, -0.15) is 0 Å². The predicted molar refractivity (Wildman–Crippen MR) is 100 cm³/mol. The highest BCUT2D eigenvalue weighted by Gasteiger charge is 2.69. The third-order valence-corrected chi connectivity index (χ3v) is 9.57. The smallest absolute Gasteiger partial charge is 0.313 e. The molecule has 146 valence electrons. The average molecular weight is 361 g/mol. The minimum absolute atomic E-state index is 0.126. The second-order valence-corrected chi connectivity index (χ2v) is 11.1. The van der Waals surface area contributed by atoms with Gasteiger partial charge in [0, 0.05) is 5.41 Å². The molecule has 7 aliphatic rings. The maximum atomic E-state index is 12.4. The second-order valence-electron chi connectivity index (χ2n) is 11.1. The lowest BCUT2D eigenvalue weighted by atomic mass is 9.31. The van der Waals surface area contributed by atoms with E-state index in [9.17, 15) is 4.79 Å². The van der Waals surface area contributed by atoms with E-state index in [4.69, 9.17) is 9.47 Å². The Hall–Kier alpha value is -0.570. The van der Waals surface area contributed by atoms with Gasteiger partial charge in [0.1, 0.15) is 0 Å². The first-order chi connectivity index (χ1) is 12.3. The van der Waals surface area contributed by atoms with Crippen LogP contribution in [0, 0.1) is 52.3 Å². The molecular weight excluding hydrogens is 324 g/mol. The van der Waals surface area contributed by atoms with Crippen LogP contribution >= 0.6 is 0 Å². The van der Waals surface area contributed by atoms with Crippen molar-refractivity contribution >= 4 is 5.97 Å². The van der Waals surface area contributed by atoms with Crippen LogP contribution in [0.25, 0.3) is 0 Å². The third-order valence-electron chi connectivity index (χ3n) is 9.57. The molecule has 0 heterocycles. The summed E-state index contributed by atoms with van der Waals surface area (Å²) in [5, 5.41) is 0. The molecule has 3 heteroatoms. The van der Waals surface area contributed by atoms with Crippen LogP contribution in [0.1, 0.15) is 72.6 Å². The third kappa shape index (κ3) is 2.31. The molecule has 5 atom stereocenters. The molecule has 7 saturated carbocycles. The second kappa shape index (κ2) is 5.72. The molecule has 8 bridgehead atoms. The minimum atomic E-state index is -0.421. The summed E-state index contributed by atoms with van der Waals surface area (Å²) >= 11 is 0. The Balaban J connectivity index is 1.29. The summed E-state index contributed by atoms with van der Waals surface area (Å²) in [4.78, 5) is 12.4. The van der Waals surface area contributed by atoms with Crippen molar-refractivity contribution in [2.75, 3.05) is 6.61 Å². The normalized spacial score (nSPS) is 48.8. The van der Waals surface area contributed by atoms with Crippen LogP contribution < -0.4 is 0 Å². The number of rotatable bonds is 6. The van der Waals surface area contributed by atoms with Crippen LogP contribution in [-0.4, -0.2) is 18.9 Å². The van der Waals surface area contributed by atoms with Crippen molar-refractivity contribution in [2.45, 2.75) is 78.9 Å². The van der Waals surface area contributed by atoms with Gasteiger partial charge in [0.2, 0.25) is 0 Å². The van der Waals surface area contributed by atoms with E-state index in [1.54, 1.807) is 0 Å². The number of esters is 1. The summed E-state index contributed by atoms with van der Waals surface area (Å²) in [6.07, 6.45) is 9.21. The molecule has 0 radical (unpaired) electrons. The van der Waals surface area contributed by atoms with Gasteiger partial charge in [-0.3, -0.25) is 4.79 Å². The standard InChI is InChI=1S/C23H36O3/c1-5-22(3,4)21(24)26-13(2)25-12-23-11-15-7-17-16-6-14(9-19(17)23)10-20(23)18(16)8-15/h13-20H,5-12H2,1-4H3. The molecule has 7 fully saturated rings. The minimum Gasteiger partial charge on any atom is -0.436 e. The van der Waals surface area contributed by atoms with E-state index in [2.05, 4.69) is 0 Å². The van der Waals surface area contributed by atoms with Crippen LogP contribution in [0.3, 0.4) is 0 Å². The van der Waals surface area contributed by atoms with Crippen molar-refractivity contribution in [3.8, 4) is 0 Å². The van der Waals surface area contributed by atoms with E-state index >= 15 is 0 Å². The molecule has 7 rings (SSSR count). The molecular formula is C23H36O3. The fourth-order valence-corrected chi connectivity index (χ4v) is 8.19. The SMILES string of the molecule is CCC(C)(C)C(=O)OC(C)OCC12CC3CC4C5CC(CC41)CC2C5C3. The maximum Gasteiger partial charge on any atom is 0.313 e. The van der Waals surface area contributed by atoms with E-state index in [0.29, 0.717) is 5.41 Å². The lowest BCUT2D eigenvalue weighted by Gasteiger charge is -2.74. The molecule has 26 heavy (non-hydrogen) atoms. The van der Waals surface area contributed by atoms with Crippen LogP contribution in [0.4, 0.5) is 0 Å². The lowest BCUT2D eigenvalue weighted by Crippen LogP contribution is -2.69. The van der Waals surface area contributed by atoms with E-state index < -0.39 is 11.7 Å². The van der Waals surface area contributed by atoms with Gasteiger partial charge in [0.25, 0.3) is 0 Å². The van der Waals surface area contributed by atoms with Crippen molar-refractivity contribution in [3.63, 3.8) is 0 Å². The van der Waals surface area contributed by atoms with Gasteiger partial charge in [-0.15, -0.1) is 0 Å². The van der Waals surface area contributed by atoms with Crippen molar-refractivity contribution in [2.24, 2.45) is 52.3 Å². The lowest BCUT2D eigenvalue weighted by molar-refractivity contribution is -0.282. The summed E-state index contributed by atoms with van der Waals surface area (Å²) < 4.78 is 11.9. The van der Waals surface area contributed by atoms with Crippen molar-refractivity contribution in [1.82, 2.24) is 0 Å². The number of carbonyl (C=O) groups excluding carboxylic acids is 1. The number of carbonyl (C=O) groups is 1. The molecule has 0 aromatic rings. The molecule has 0 amide bonds. The van der Waals surface area contributed by atoms with Crippen LogP contribution in [0.5, 0.6) is 0 Å². The Labute approximate surface area is 158 Å². The topological polar surface area (TPSA) is 35.5 Å². The Bertz CT molecular complexity index is 572. The number of ether oxygens (including phenoxy) is 2. The van der Waals surface area contributed by atoms with Crippen molar-refractivity contribution < 1.29 is 14.3 Å². The summed E-state index contributed by atoms with van der Waals surface area (Å²) in [7, 11) is 0. The quantitative estimate of drug-likeness (QED) is 0.492. The van der Waals surface area contributed by atoms with E-state index in [1.165, 1.54) is 38.5 Å². The molecule has 0 saturated heterocycles. The first-order valence-corrected chi connectivity index (χ1v) is 11.2. The molecule has 5 unspecified atom stereocenters. The molecule has 7 aliphatic carbocycles. The van der Waals surface area contributed by atoms with E-state index in [0.717, 1.165) is 54.5 Å². The van der Waals surface area contributed by atoms with Gasteiger partial charge in [-0.05, 0) is 107 Å². The average Bonchev–Trinajstić information content (AvgIpc) is 2.63. The molecule has 0 aromatic heterocycles. The number of hydrogen-bond acceptors (Lipinski definition) is 3. The van der Waals surface area contributed by atoms with Crippen LogP contribution in [0.15, 0.2) is 0 Å². The van der Waals surface area contributed by atoms with Gasteiger partial charge in [0.15, 0.2) is 6.29 Å². The highest BCUT2D eigenvalue weighted by Crippen LogP contribution is 2.75. The van der Waals surface area contributed by atoms with Gasteiger partial charge in [-0.25, -0.2) is 0 Å². The zero-order valence-corrected chi connectivity index (χ0v) is 17.0. The van der Waals surface area contributed by atoms with E-state index in [1.807, 2.05) is 27.7 Å².